The first-order valence-electron chi connectivity index (χ1n) is 5.82. The van der Waals surface area contributed by atoms with Crippen LogP contribution in [0.2, 0.25) is 5.02 Å². The molecule has 0 radical (unpaired) electrons. The third kappa shape index (κ3) is 3.43. The van der Waals surface area contributed by atoms with Crippen molar-refractivity contribution in [3.8, 4) is 17.2 Å². The smallest absolute Gasteiger partial charge is 0.271 e. The summed E-state index contributed by atoms with van der Waals surface area (Å²) in [5.74, 6) is -2.11. The van der Waals surface area contributed by atoms with E-state index in [0.717, 1.165) is 6.21 Å². The highest BCUT2D eigenvalue weighted by atomic mass is 35.5. The van der Waals surface area contributed by atoms with Crippen LogP contribution in [0.15, 0.2) is 41.5 Å². The van der Waals surface area contributed by atoms with Crippen molar-refractivity contribution in [1.29, 1.82) is 0 Å². The second kappa shape index (κ2) is 6.15. The van der Waals surface area contributed by atoms with Crippen molar-refractivity contribution in [2.24, 2.45) is 5.10 Å². The number of phenols is 3. The van der Waals surface area contributed by atoms with Crippen molar-refractivity contribution in [2.75, 3.05) is 0 Å². The van der Waals surface area contributed by atoms with Crippen molar-refractivity contribution >= 4 is 23.7 Å². The summed E-state index contributed by atoms with van der Waals surface area (Å²) in [4.78, 5) is 11.8. The van der Waals surface area contributed by atoms with E-state index in [-0.39, 0.29) is 5.56 Å². The highest BCUT2D eigenvalue weighted by Gasteiger charge is 2.09. The molecule has 0 aliphatic heterocycles. The fourth-order valence-electron chi connectivity index (χ4n) is 1.54. The number of hydrogen-bond acceptors (Lipinski definition) is 5. The van der Waals surface area contributed by atoms with Crippen LogP contribution in [0.1, 0.15) is 15.9 Å². The minimum Gasteiger partial charge on any atom is -0.504 e. The Hall–Kier alpha value is -2.73. The number of carbonyl (C=O) groups is 1. The fourth-order valence-corrected chi connectivity index (χ4v) is 1.73. The van der Waals surface area contributed by atoms with Gasteiger partial charge >= 0.3 is 0 Å². The van der Waals surface area contributed by atoms with Crippen LogP contribution in [0, 0.1) is 0 Å². The average Bonchev–Trinajstić information content (AvgIpc) is 2.47. The van der Waals surface area contributed by atoms with E-state index in [9.17, 15) is 20.1 Å². The van der Waals surface area contributed by atoms with Gasteiger partial charge in [0.15, 0.2) is 11.5 Å². The maximum atomic E-state index is 11.8. The highest BCUT2D eigenvalue weighted by molar-refractivity contribution is 6.30. The third-order valence-electron chi connectivity index (χ3n) is 2.62. The topological polar surface area (TPSA) is 102 Å². The minimum atomic E-state index is -0.653. The number of rotatable bonds is 3. The molecule has 108 valence electrons. The minimum absolute atomic E-state index is 0.136. The molecule has 0 aliphatic carbocycles. The summed E-state index contributed by atoms with van der Waals surface area (Å²) >= 11 is 5.77. The summed E-state index contributed by atoms with van der Waals surface area (Å²) in [6.07, 6.45) is 1.14. The zero-order valence-corrected chi connectivity index (χ0v) is 11.4. The molecule has 0 bridgehead atoms. The van der Waals surface area contributed by atoms with Gasteiger partial charge < -0.3 is 15.3 Å². The number of halogens is 1. The molecule has 2 rings (SSSR count). The number of benzene rings is 2. The molecule has 0 heterocycles. The standard InChI is InChI=1S/C14H11ClN2O4/c15-10-3-1-2-8(6-10)14(21)17-16-7-9-4-5-11(18)13(20)12(9)19/h1-7,18-20H,(H,17,21). The molecule has 0 aliphatic rings. The number of phenolic OH excluding ortho intramolecular Hbond substituents is 3. The van der Waals surface area contributed by atoms with Crippen molar-refractivity contribution in [1.82, 2.24) is 5.43 Å². The predicted molar refractivity (Wildman–Crippen MR) is 77.9 cm³/mol. The number of amides is 1. The molecular weight excluding hydrogens is 296 g/mol. The molecule has 2 aromatic carbocycles. The van der Waals surface area contributed by atoms with Gasteiger partial charge in [-0.1, -0.05) is 17.7 Å². The lowest BCUT2D eigenvalue weighted by molar-refractivity contribution is 0.0955. The Morgan fingerprint density at radius 3 is 2.62 bits per heavy atom. The van der Waals surface area contributed by atoms with Crippen LogP contribution in [-0.4, -0.2) is 27.4 Å². The maximum Gasteiger partial charge on any atom is 0.271 e. The number of carbonyl (C=O) groups excluding carboxylic acids is 1. The first-order chi connectivity index (χ1) is 9.99. The molecule has 6 nitrogen and oxygen atoms in total. The van der Waals surface area contributed by atoms with E-state index in [4.69, 9.17) is 11.6 Å². The number of nitrogens with zero attached hydrogens (tertiary/aromatic N) is 1. The molecular formula is C14H11ClN2O4. The fraction of sp³-hybridized carbons (Fsp3) is 0. The Balaban J connectivity index is 2.09. The van der Waals surface area contributed by atoms with E-state index < -0.39 is 23.2 Å². The number of aromatic hydroxyl groups is 3. The van der Waals surface area contributed by atoms with Gasteiger partial charge in [0.05, 0.1) is 6.21 Å². The van der Waals surface area contributed by atoms with Crippen molar-refractivity contribution in [2.45, 2.75) is 0 Å². The monoisotopic (exact) mass is 306 g/mol. The van der Waals surface area contributed by atoms with Crippen LogP contribution >= 0.6 is 11.6 Å². The summed E-state index contributed by atoms with van der Waals surface area (Å²) in [7, 11) is 0. The van der Waals surface area contributed by atoms with E-state index >= 15 is 0 Å². The summed E-state index contributed by atoms with van der Waals surface area (Å²) in [5.41, 5.74) is 2.72. The summed E-state index contributed by atoms with van der Waals surface area (Å²) < 4.78 is 0. The Morgan fingerprint density at radius 1 is 1.14 bits per heavy atom. The zero-order chi connectivity index (χ0) is 15.4. The van der Waals surface area contributed by atoms with E-state index in [1.54, 1.807) is 18.2 Å². The first-order valence-corrected chi connectivity index (χ1v) is 6.19. The lowest BCUT2D eigenvalue weighted by Gasteiger charge is -2.03. The molecule has 0 fully saturated rings. The molecule has 7 heteroatoms. The van der Waals surface area contributed by atoms with Gasteiger partial charge in [-0.25, -0.2) is 5.43 Å². The predicted octanol–water partition coefficient (Wildman–Crippen LogP) is 2.22. The normalized spacial score (nSPS) is 10.7. The van der Waals surface area contributed by atoms with Crippen LogP contribution < -0.4 is 5.43 Å². The molecule has 4 N–H and O–H groups in total. The van der Waals surface area contributed by atoms with Gasteiger partial charge in [-0.3, -0.25) is 4.79 Å². The van der Waals surface area contributed by atoms with Crippen LogP contribution in [-0.2, 0) is 0 Å². The number of nitrogens with one attached hydrogen (secondary N) is 1. The SMILES string of the molecule is O=C(NN=Cc1ccc(O)c(O)c1O)c1cccc(Cl)c1. The van der Waals surface area contributed by atoms with E-state index in [2.05, 4.69) is 10.5 Å². The van der Waals surface area contributed by atoms with Crippen molar-refractivity contribution in [3.63, 3.8) is 0 Å². The Labute approximate surface area is 124 Å². The molecule has 0 saturated heterocycles. The summed E-state index contributed by atoms with van der Waals surface area (Å²) in [6.45, 7) is 0. The summed E-state index contributed by atoms with van der Waals surface area (Å²) in [6, 6.07) is 8.84. The van der Waals surface area contributed by atoms with Gasteiger partial charge in [0, 0.05) is 16.1 Å². The highest BCUT2D eigenvalue weighted by Crippen LogP contribution is 2.36. The molecule has 0 aromatic heterocycles. The van der Waals surface area contributed by atoms with Crippen LogP contribution in [0.5, 0.6) is 17.2 Å². The molecule has 0 unspecified atom stereocenters. The van der Waals surface area contributed by atoms with Gasteiger partial charge in [-0.05, 0) is 30.3 Å². The van der Waals surface area contributed by atoms with Gasteiger partial charge in [0.2, 0.25) is 5.75 Å². The number of hydrazone groups is 1. The molecule has 0 saturated carbocycles. The third-order valence-corrected chi connectivity index (χ3v) is 2.85. The Kier molecular flexibility index (Phi) is 4.30. The van der Waals surface area contributed by atoms with Crippen molar-refractivity contribution in [3.05, 3.63) is 52.5 Å². The quantitative estimate of drug-likeness (QED) is 0.396. The molecule has 2 aromatic rings. The van der Waals surface area contributed by atoms with Gasteiger partial charge in [0.1, 0.15) is 0 Å². The second-order valence-electron chi connectivity index (χ2n) is 4.08. The molecule has 0 atom stereocenters. The molecule has 21 heavy (non-hydrogen) atoms. The lowest BCUT2D eigenvalue weighted by Crippen LogP contribution is -2.17. The first kappa shape index (κ1) is 14.7. The van der Waals surface area contributed by atoms with Gasteiger partial charge in [0.25, 0.3) is 5.91 Å². The van der Waals surface area contributed by atoms with E-state index in [0.29, 0.717) is 10.6 Å². The van der Waals surface area contributed by atoms with Gasteiger partial charge in [-0.2, -0.15) is 5.10 Å². The summed E-state index contributed by atoms with van der Waals surface area (Å²) in [5, 5.41) is 32.2. The second-order valence-corrected chi connectivity index (χ2v) is 4.52. The molecule has 1 amide bonds. The maximum absolute atomic E-state index is 11.8. The largest absolute Gasteiger partial charge is 0.504 e. The Morgan fingerprint density at radius 2 is 1.90 bits per heavy atom. The van der Waals surface area contributed by atoms with E-state index in [1.165, 1.54) is 18.2 Å². The van der Waals surface area contributed by atoms with Crippen LogP contribution in [0.3, 0.4) is 0 Å². The van der Waals surface area contributed by atoms with Crippen molar-refractivity contribution < 1.29 is 20.1 Å². The van der Waals surface area contributed by atoms with Crippen LogP contribution in [0.4, 0.5) is 0 Å². The molecule has 0 spiro atoms. The lowest BCUT2D eigenvalue weighted by atomic mass is 10.2. The Bertz CT molecular complexity index is 716. The number of hydrogen-bond donors (Lipinski definition) is 4. The van der Waals surface area contributed by atoms with E-state index in [1.807, 2.05) is 0 Å². The zero-order valence-electron chi connectivity index (χ0n) is 10.6. The van der Waals surface area contributed by atoms with Crippen LogP contribution in [0.25, 0.3) is 0 Å². The average molecular weight is 307 g/mol. The van der Waals surface area contributed by atoms with Gasteiger partial charge in [-0.15, -0.1) is 0 Å².